The van der Waals surface area contributed by atoms with Crippen LogP contribution in [0.5, 0.6) is 0 Å². The third-order valence-corrected chi connectivity index (χ3v) is 3.87. The standard InChI is InChI=1S/C23H38FNO/c1-3-4-5-6-7-8-9-10-11-12-13-14-15-16-17-18-19-20-23(26)25-22(2)21-24/h7-8,10-11,13-14,16-17,22H,3-6,9,12,15,18-21H2,1-2H3,(H,25,26)/b8-7-,11-10-,14-13-,17-16-/t22-/m1/s1. The van der Waals surface area contributed by atoms with E-state index < -0.39 is 6.67 Å². The summed E-state index contributed by atoms with van der Waals surface area (Å²) in [4.78, 5) is 11.4. The summed E-state index contributed by atoms with van der Waals surface area (Å²) in [6.07, 6.45) is 27.7. The number of rotatable bonds is 16. The van der Waals surface area contributed by atoms with Gasteiger partial charge >= 0.3 is 0 Å². The van der Waals surface area contributed by atoms with Crippen LogP contribution >= 0.6 is 0 Å². The van der Waals surface area contributed by atoms with Crippen molar-refractivity contribution in [3.63, 3.8) is 0 Å². The number of halogens is 1. The Bertz CT molecular complexity index is 437. The minimum atomic E-state index is -0.511. The monoisotopic (exact) mass is 363 g/mol. The zero-order valence-electron chi connectivity index (χ0n) is 16.8. The van der Waals surface area contributed by atoms with Crippen molar-refractivity contribution in [3.8, 4) is 0 Å². The molecule has 0 fully saturated rings. The molecule has 0 aliphatic rings. The van der Waals surface area contributed by atoms with E-state index in [1.807, 2.05) is 0 Å². The van der Waals surface area contributed by atoms with E-state index in [-0.39, 0.29) is 11.9 Å². The van der Waals surface area contributed by atoms with Gasteiger partial charge in [-0.15, -0.1) is 0 Å². The molecule has 0 aromatic rings. The van der Waals surface area contributed by atoms with Gasteiger partial charge in [-0.05, 0) is 51.9 Å². The molecule has 0 bridgehead atoms. The lowest BCUT2D eigenvalue weighted by atomic mass is 10.2. The quantitative estimate of drug-likeness (QED) is 0.243. The molecule has 0 aliphatic heterocycles. The number of amides is 1. The fourth-order valence-electron chi connectivity index (χ4n) is 2.33. The summed E-state index contributed by atoms with van der Waals surface area (Å²) < 4.78 is 12.3. The Hall–Kier alpha value is -1.64. The number of hydrogen-bond acceptors (Lipinski definition) is 1. The lowest BCUT2D eigenvalue weighted by Crippen LogP contribution is -2.33. The third-order valence-electron chi connectivity index (χ3n) is 3.87. The van der Waals surface area contributed by atoms with E-state index in [0.29, 0.717) is 6.42 Å². The molecule has 0 rings (SSSR count). The number of alkyl halides is 1. The average Bonchev–Trinajstić information content (AvgIpc) is 2.64. The zero-order valence-corrected chi connectivity index (χ0v) is 16.8. The molecule has 0 saturated heterocycles. The Labute approximate surface area is 160 Å². The number of carbonyl (C=O) groups excluding carboxylic acids is 1. The van der Waals surface area contributed by atoms with Gasteiger partial charge in [0.25, 0.3) is 0 Å². The van der Waals surface area contributed by atoms with Gasteiger partial charge in [0.2, 0.25) is 5.91 Å². The molecule has 0 aromatic carbocycles. The van der Waals surface area contributed by atoms with Crippen molar-refractivity contribution < 1.29 is 9.18 Å². The van der Waals surface area contributed by atoms with Crippen molar-refractivity contribution in [2.45, 2.75) is 84.1 Å². The highest BCUT2D eigenvalue weighted by atomic mass is 19.1. The van der Waals surface area contributed by atoms with Gasteiger partial charge in [-0.2, -0.15) is 0 Å². The van der Waals surface area contributed by atoms with Crippen LogP contribution in [-0.4, -0.2) is 18.6 Å². The van der Waals surface area contributed by atoms with Gasteiger partial charge in [0, 0.05) is 6.42 Å². The average molecular weight is 364 g/mol. The van der Waals surface area contributed by atoms with E-state index in [1.165, 1.54) is 25.7 Å². The normalized spacial score (nSPS) is 13.5. The van der Waals surface area contributed by atoms with Crippen LogP contribution in [0.15, 0.2) is 48.6 Å². The molecule has 0 saturated carbocycles. The second-order valence-electron chi connectivity index (χ2n) is 6.60. The maximum Gasteiger partial charge on any atom is 0.220 e. The molecular formula is C23H38FNO. The van der Waals surface area contributed by atoms with Crippen molar-refractivity contribution in [1.82, 2.24) is 5.32 Å². The minimum absolute atomic E-state index is 0.0639. The number of nitrogens with one attached hydrogen (secondary N) is 1. The summed E-state index contributed by atoms with van der Waals surface area (Å²) in [7, 11) is 0. The summed E-state index contributed by atoms with van der Waals surface area (Å²) in [5.74, 6) is -0.0639. The maximum absolute atomic E-state index is 12.3. The molecule has 1 atom stereocenters. The van der Waals surface area contributed by atoms with E-state index in [0.717, 1.165) is 32.1 Å². The number of carbonyl (C=O) groups is 1. The van der Waals surface area contributed by atoms with Gasteiger partial charge in [0.05, 0.1) is 6.04 Å². The molecule has 0 heterocycles. The second kappa shape index (κ2) is 19.7. The molecule has 0 aromatic heterocycles. The Balaban J connectivity index is 3.50. The van der Waals surface area contributed by atoms with Crippen LogP contribution in [0.25, 0.3) is 0 Å². The Morgan fingerprint density at radius 1 is 0.846 bits per heavy atom. The van der Waals surface area contributed by atoms with Gasteiger partial charge in [-0.1, -0.05) is 68.4 Å². The van der Waals surface area contributed by atoms with Crippen LogP contribution in [0, 0.1) is 0 Å². The molecule has 0 radical (unpaired) electrons. The molecule has 1 N–H and O–H groups in total. The van der Waals surface area contributed by atoms with E-state index in [4.69, 9.17) is 0 Å². The molecule has 1 amide bonds. The van der Waals surface area contributed by atoms with Crippen molar-refractivity contribution >= 4 is 5.91 Å². The summed E-state index contributed by atoms with van der Waals surface area (Å²) >= 11 is 0. The largest absolute Gasteiger partial charge is 0.351 e. The second-order valence-corrected chi connectivity index (χ2v) is 6.60. The highest BCUT2D eigenvalue weighted by molar-refractivity contribution is 5.76. The van der Waals surface area contributed by atoms with Crippen LogP contribution in [0.4, 0.5) is 4.39 Å². The fourth-order valence-corrected chi connectivity index (χ4v) is 2.33. The van der Waals surface area contributed by atoms with Gasteiger partial charge in [-0.3, -0.25) is 4.79 Å². The smallest absolute Gasteiger partial charge is 0.220 e. The first kappa shape index (κ1) is 24.4. The fraction of sp³-hybridized carbons (Fsp3) is 0.609. The highest BCUT2D eigenvalue weighted by Crippen LogP contribution is 2.01. The summed E-state index contributed by atoms with van der Waals surface area (Å²) in [5.41, 5.74) is 0. The lowest BCUT2D eigenvalue weighted by molar-refractivity contribution is -0.121. The van der Waals surface area contributed by atoms with Crippen LogP contribution in [0.2, 0.25) is 0 Å². The van der Waals surface area contributed by atoms with Gasteiger partial charge in [0.15, 0.2) is 0 Å². The Morgan fingerprint density at radius 3 is 1.85 bits per heavy atom. The highest BCUT2D eigenvalue weighted by Gasteiger charge is 2.05. The molecule has 0 aliphatic carbocycles. The van der Waals surface area contributed by atoms with Crippen LogP contribution < -0.4 is 5.32 Å². The Kier molecular flexibility index (Phi) is 18.4. The first-order valence-electron chi connectivity index (χ1n) is 10.2. The van der Waals surface area contributed by atoms with Crippen molar-refractivity contribution in [3.05, 3.63) is 48.6 Å². The summed E-state index contributed by atoms with van der Waals surface area (Å²) in [6.45, 7) is 3.39. The molecule has 0 unspecified atom stereocenters. The van der Waals surface area contributed by atoms with Crippen molar-refractivity contribution in [2.24, 2.45) is 0 Å². The van der Waals surface area contributed by atoms with Crippen molar-refractivity contribution in [1.29, 1.82) is 0 Å². The summed E-state index contributed by atoms with van der Waals surface area (Å²) in [6, 6.07) is -0.376. The molecule has 0 spiro atoms. The molecular weight excluding hydrogens is 325 g/mol. The molecule has 148 valence electrons. The van der Waals surface area contributed by atoms with E-state index >= 15 is 0 Å². The summed E-state index contributed by atoms with van der Waals surface area (Å²) in [5, 5.41) is 2.62. The maximum atomic E-state index is 12.3. The molecule has 26 heavy (non-hydrogen) atoms. The van der Waals surface area contributed by atoms with Crippen LogP contribution in [-0.2, 0) is 4.79 Å². The number of unbranched alkanes of at least 4 members (excludes halogenated alkanes) is 4. The van der Waals surface area contributed by atoms with E-state index in [9.17, 15) is 9.18 Å². The van der Waals surface area contributed by atoms with E-state index in [2.05, 4.69) is 60.8 Å². The molecule has 2 nitrogen and oxygen atoms in total. The van der Waals surface area contributed by atoms with Crippen LogP contribution in [0.3, 0.4) is 0 Å². The van der Waals surface area contributed by atoms with Gasteiger partial charge in [0.1, 0.15) is 6.67 Å². The topological polar surface area (TPSA) is 29.1 Å². The van der Waals surface area contributed by atoms with Crippen molar-refractivity contribution in [2.75, 3.05) is 6.67 Å². The molecule has 3 heteroatoms. The van der Waals surface area contributed by atoms with Crippen LogP contribution in [0.1, 0.15) is 78.1 Å². The van der Waals surface area contributed by atoms with Gasteiger partial charge in [-0.25, -0.2) is 4.39 Å². The SMILES string of the molecule is CCCCC/C=C\C/C=C\C/C=C\C/C=C\CCCC(=O)N[C@H](C)CF. The minimum Gasteiger partial charge on any atom is -0.351 e. The number of allylic oxidation sites excluding steroid dienone is 8. The predicted octanol–water partition coefficient (Wildman–Crippen LogP) is 6.61. The lowest BCUT2D eigenvalue weighted by Gasteiger charge is -2.08. The van der Waals surface area contributed by atoms with Gasteiger partial charge < -0.3 is 5.32 Å². The zero-order chi connectivity index (χ0) is 19.3. The first-order valence-corrected chi connectivity index (χ1v) is 10.2. The first-order chi connectivity index (χ1) is 12.7. The third kappa shape index (κ3) is 18.7. The number of hydrogen-bond donors (Lipinski definition) is 1. The Morgan fingerprint density at radius 2 is 1.35 bits per heavy atom. The predicted molar refractivity (Wildman–Crippen MR) is 112 cm³/mol. The van der Waals surface area contributed by atoms with E-state index in [1.54, 1.807) is 6.92 Å².